The zero-order valence-electron chi connectivity index (χ0n) is 23.2. The summed E-state index contributed by atoms with van der Waals surface area (Å²) >= 11 is 0. The molecule has 5 aromatic carbocycles. The number of fused-ring (bicyclic) bond motifs is 1. The third-order valence-corrected chi connectivity index (χ3v) is 7.28. The molecule has 0 aliphatic carbocycles. The van der Waals surface area contributed by atoms with Gasteiger partial charge in [-0.3, -0.25) is 4.98 Å². The maximum absolute atomic E-state index is 6.27. The van der Waals surface area contributed by atoms with E-state index in [1.54, 1.807) is 0 Å². The van der Waals surface area contributed by atoms with E-state index >= 15 is 0 Å². The number of rotatable bonds is 7. The number of hydrogen-bond acceptors (Lipinski definition) is 5. The molecule has 2 heterocycles. The van der Waals surface area contributed by atoms with Gasteiger partial charge in [-0.1, -0.05) is 60.7 Å². The van der Waals surface area contributed by atoms with Crippen LogP contribution >= 0.6 is 0 Å². The molecule has 0 spiro atoms. The Morgan fingerprint density at radius 2 is 1.21 bits per heavy atom. The molecule has 7 rings (SSSR count). The van der Waals surface area contributed by atoms with Crippen LogP contribution in [0.15, 0.2) is 146 Å². The molecule has 0 atom stereocenters. The average Bonchev–Trinajstić information content (AvgIpc) is 3.48. The lowest BCUT2D eigenvalue weighted by Gasteiger charge is -2.19. The fourth-order valence-corrected chi connectivity index (χ4v) is 5.15. The Morgan fingerprint density at radius 1 is 0.548 bits per heavy atom. The van der Waals surface area contributed by atoms with Crippen molar-refractivity contribution >= 4 is 16.5 Å². The summed E-state index contributed by atoms with van der Waals surface area (Å²) in [4.78, 5) is 8.98. The van der Waals surface area contributed by atoms with Gasteiger partial charge in [0.15, 0.2) is 0 Å². The van der Waals surface area contributed by atoms with Gasteiger partial charge in [-0.25, -0.2) is 0 Å². The Balaban J connectivity index is 1.10. The lowest BCUT2D eigenvalue weighted by Crippen LogP contribution is -2.21. The van der Waals surface area contributed by atoms with Crippen molar-refractivity contribution in [2.75, 3.05) is 18.6 Å². The first-order valence-electron chi connectivity index (χ1n) is 13.9. The molecule has 1 aromatic heterocycles. The van der Waals surface area contributed by atoms with Crippen molar-refractivity contribution in [3.63, 3.8) is 0 Å². The molecule has 0 fully saturated rings. The van der Waals surface area contributed by atoms with Crippen molar-refractivity contribution in [1.82, 2.24) is 9.88 Å². The normalized spacial score (nSPS) is 12.6. The van der Waals surface area contributed by atoms with E-state index in [0.717, 1.165) is 63.1 Å². The van der Waals surface area contributed by atoms with Crippen LogP contribution in [-0.4, -0.2) is 23.6 Å². The molecule has 5 heteroatoms. The highest BCUT2D eigenvalue weighted by Gasteiger charge is 2.12. The van der Waals surface area contributed by atoms with E-state index in [-0.39, 0.29) is 0 Å². The van der Waals surface area contributed by atoms with E-state index in [9.17, 15) is 0 Å². The molecule has 0 radical (unpaired) electrons. The van der Waals surface area contributed by atoms with E-state index in [1.807, 2.05) is 72.9 Å². The first kappa shape index (κ1) is 25.4. The van der Waals surface area contributed by atoms with Gasteiger partial charge < -0.3 is 19.3 Å². The molecule has 0 unspecified atom stereocenters. The van der Waals surface area contributed by atoms with Gasteiger partial charge in [0.25, 0.3) is 0 Å². The van der Waals surface area contributed by atoms with Crippen molar-refractivity contribution in [3.8, 4) is 45.4 Å². The number of hydrogen-bond donors (Lipinski definition) is 0. The molecule has 1 aliphatic rings. The summed E-state index contributed by atoms with van der Waals surface area (Å²) in [6.45, 7) is 0.819. The topological polar surface area (TPSA) is 37.8 Å². The lowest BCUT2D eigenvalue weighted by molar-refractivity contribution is 0.481. The summed E-state index contributed by atoms with van der Waals surface area (Å²) in [6.07, 6.45) is 5.98. The standard InChI is InChI=1S/C37H29N3O2/c1-39-19-20-40(26-39)32-11-6-14-35(25-32)41-34-13-5-10-31(23-34)37-24-30(17-18-38-37)29-9-4-12-33(22-29)42-36-16-15-27-7-2-3-8-28(27)21-36/h2-25H,26H2,1H3. The summed E-state index contributed by atoms with van der Waals surface area (Å²) in [7, 11) is 2.06. The summed E-state index contributed by atoms with van der Waals surface area (Å²) in [6, 6.07) is 42.9. The Hall–Kier alpha value is -5.55. The molecule has 0 N–H and O–H groups in total. The number of benzene rings is 5. The summed E-state index contributed by atoms with van der Waals surface area (Å²) < 4.78 is 12.5. The zero-order chi connectivity index (χ0) is 28.3. The highest BCUT2D eigenvalue weighted by Crippen LogP contribution is 2.33. The monoisotopic (exact) mass is 547 g/mol. The minimum atomic E-state index is 0.761. The van der Waals surface area contributed by atoms with E-state index in [4.69, 9.17) is 9.47 Å². The molecule has 0 bridgehead atoms. The van der Waals surface area contributed by atoms with Crippen molar-refractivity contribution in [3.05, 3.63) is 146 Å². The van der Waals surface area contributed by atoms with E-state index in [1.165, 1.54) is 5.39 Å². The van der Waals surface area contributed by atoms with Gasteiger partial charge in [0.2, 0.25) is 0 Å². The van der Waals surface area contributed by atoms with E-state index in [0.29, 0.717) is 0 Å². The minimum absolute atomic E-state index is 0.761. The third kappa shape index (κ3) is 5.54. The van der Waals surface area contributed by atoms with Crippen LogP contribution in [-0.2, 0) is 0 Å². The SMILES string of the molecule is CN1C=CN(c2cccc(Oc3cccc(-c4cc(-c5cccc(Oc6ccc7ccccc7c6)c5)ccn4)c3)c2)C1. The second kappa shape index (κ2) is 11.1. The molecule has 1 aliphatic heterocycles. The highest BCUT2D eigenvalue weighted by atomic mass is 16.5. The molecule has 0 amide bonds. The van der Waals surface area contributed by atoms with Crippen LogP contribution < -0.4 is 14.4 Å². The second-order valence-corrected chi connectivity index (χ2v) is 10.4. The van der Waals surface area contributed by atoms with Crippen LogP contribution in [0.5, 0.6) is 23.0 Å². The van der Waals surface area contributed by atoms with Crippen LogP contribution in [0.4, 0.5) is 5.69 Å². The van der Waals surface area contributed by atoms with Crippen LogP contribution in [0.25, 0.3) is 33.2 Å². The highest BCUT2D eigenvalue weighted by molar-refractivity contribution is 5.83. The van der Waals surface area contributed by atoms with Gasteiger partial charge in [-0.2, -0.15) is 0 Å². The third-order valence-electron chi connectivity index (χ3n) is 7.28. The van der Waals surface area contributed by atoms with E-state index < -0.39 is 0 Å². The largest absolute Gasteiger partial charge is 0.457 e. The first-order valence-corrected chi connectivity index (χ1v) is 13.9. The van der Waals surface area contributed by atoms with Gasteiger partial charge in [-0.15, -0.1) is 0 Å². The molecule has 42 heavy (non-hydrogen) atoms. The van der Waals surface area contributed by atoms with Crippen LogP contribution in [0.3, 0.4) is 0 Å². The Morgan fingerprint density at radius 3 is 2.00 bits per heavy atom. The summed E-state index contributed by atoms with van der Waals surface area (Å²) in [5.41, 5.74) is 5.07. The molecular formula is C37H29N3O2. The first-order chi connectivity index (χ1) is 20.7. The molecule has 6 aromatic rings. The molecule has 5 nitrogen and oxygen atoms in total. The minimum Gasteiger partial charge on any atom is -0.457 e. The maximum atomic E-state index is 6.27. The maximum Gasteiger partial charge on any atom is 0.129 e. The van der Waals surface area contributed by atoms with Gasteiger partial charge in [0.05, 0.1) is 12.4 Å². The number of pyridine rings is 1. The van der Waals surface area contributed by atoms with Gasteiger partial charge in [0, 0.05) is 43.0 Å². The van der Waals surface area contributed by atoms with Crippen LogP contribution in [0, 0.1) is 0 Å². The van der Waals surface area contributed by atoms with Crippen molar-refractivity contribution in [2.24, 2.45) is 0 Å². The van der Waals surface area contributed by atoms with Crippen LogP contribution in [0.2, 0.25) is 0 Å². The Kier molecular flexibility index (Phi) is 6.74. The fraction of sp³-hybridized carbons (Fsp3) is 0.0541. The smallest absolute Gasteiger partial charge is 0.129 e. The summed E-state index contributed by atoms with van der Waals surface area (Å²) in [5, 5.41) is 2.35. The van der Waals surface area contributed by atoms with Gasteiger partial charge in [0.1, 0.15) is 23.0 Å². The van der Waals surface area contributed by atoms with Crippen molar-refractivity contribution in [2.45, 2.75) is 0 Å². The number of ether oxygens (including phenoxy) is 2. The molecule has 0 saturated heterocycles. The predicted molar refractivity (Wildman–Crippen MR) is 170 cm³/mol. The Bertz CT molecular complexity index is 1920. The number of aromatic nitrogens is 1. The number of anilines is 1. The molecular weight excluding hydrogens is 518 g/mol. The van der Waals surface area contributed by atoms with Crippen molar-refractivity contribution in [1.29, 1.82) is 0 Å². The van der Waals surface area contributed by atoms with E-state index in [2.05, 4.69) is 94.9 Å². The van der Waals surface area contributed by atoms with Crippen molar-refractivity contribution < 1.29 is 9.47 Å². The lowest BCUT2D eigenvalue weighted by atomic mass is 10.0. The Labute approximate surface area is 245 Å². The average molecular weight is 548 g/mol. The predicted octanol–water partition coefficient (Wildman–Crippen LogP) is 9.33. The summed E-state index contributed by atoms with van der Waals surface area (Å²) in [5.74, 6) is 3.15. The second-order valence-electron chi connectivity index (χ2n) is 10.4. The zero-order valence-corrected chi connectivity index (χ0v) is 23.2. The number of nitrogens with zero attached hydrogens (tertiary/aromatic N) is 3. The molecule has 0 saturated carbocycles. The fourth-order valence-electron chi connectivity index (χ4n) is 5.15. The van der Waals surface area contributed by atoms with Gasteiger partial charge in [-0.05, 0) is 82.6 Å². The molecule has 204 valence electrons. The van der Waals surface area contributed by atoms with Crippen LogP contribution in [0.1, 0.15) is 0 Å². The van der Waals surface area contributed by atoms with Gasteiger partial charge >= 0.3 is 0 Å². The quantitative estimate of drug-likeness (QED) is 0.199.